The smallest absolute Gasteiger partial charge is 0.330 e. The Balaban J connectivity index is 2.66. The Labute approximate surface area is 90.1 Å². The maximum atomic E-state index is 11.0. The monoisotopic (exact) mass is 208 g/mol. The molecule has 0 aromatic rings. The molecule has 0 saturated carbocycles. The summed E-state index contributed by atoms with van der Waals surface area (Å²) in [6.45, 7) is 9.04. The van der Waals surface area contributed by atoms with E-state index in [1.165, 1.54) is 0 Å². The third kappa shape index (κ3) is 3.06. The van der Waals surface area contributed by atoms with Gasteiger partial charge in [-0.25, -0.2) is 4.79 Å². The van der Waals surface area contributed by atoms with Crippen LogP contribution in [0.15, 0.2) is 37.5 Å². The SMILES string of the molecule is C=CC(=O)O[C@@H]1C=C[C@@H](CC)O[C@@H]1C=C. The van der Waals surface area contributed by atoms with Crippen LogP contribution < -0.4 is 0 Å². The fourth-order valence-corrected chi connectivity index (χ4v) is 1.38. The lowest BCUT2D eigenvalue weighted by Crippen LogP contribution is -2.36. The van der Waals surface area contributed by atoms with Crippen molar-refractivity contribution in [2.24, 2.45) is 0 Å². The van der Waals surface area contributed by atoms with Crippen molar-refractivity contribution < 1.29 is 14.3 Å². The standard InChI is InChI=1S/C12H16O3/c1-4-9-7-8-11(10(5-2)14-9)15-12(13)6-3/h5-11H,2-4H2,1H3/t9-,10-,11-/m1/s1. The second-order valence-electron chi connectivity index (χ2n) is 3.27. The highest BCUT2D eigenvalue weighted by Gasteiger charge is 2.26. The van der Waals surface area contributed by atoms with E-state index < -0.39 is 12.1 Å². The Kier molecular flexibility index (Phi) is 4.31. The van der Waals surface area contributed by atoms with E-state index >= 15 is 0 Å². The molecule has 0 radical (unpaired) electrons. The van der Waals surface area contributed by atoms with Gasteiger partial charge in [0.25, 0.3) is 0 Å². The molecule has 0 spiro atoms. The third-order valence-electron chi connectivity index (χ3n) is 2.22. The topological polar surface area (TPSA) is 35.5 Å². The molecule has 0 N–H and O–H groups in total. The predicted molar refractivity (Wildman–Crippen MR) is 58.4 cm³/mol. The van der Waals surface area contributed by atoms with E-state index in [0.717, 1.165) is 12.5 Å². The van der Waals surface area contributed by atoms with Gasteiger partial charge in [0.05, 0.1) is 6.10 Å². The highest BCUT2D eigenvalue weighted by Crippen LogP contribution is 2.18. The summed E-state index contributed by atoms with van der Waals surface area (Å²) in [6.07, 6.45) is 6.83. The normalized spacial score (nSPS) is 29.5. The summed E-state index contributed by atoms with van der Waals surface area (Å²) in [5, 5.41) is 0. The molecule has 0 aliphatic carbocycles. The summed E-state index contributed by atoms with van der Waals surface area (Å²) in [4.78, 5) is 11.0. The van der Waals surface area contributed by atoms with Crippen LogP contribution in [0.25, 0.3) is 0 Å². The third-order valence-corrected chi connectivity index (χ3v) is 2.22. The number of rotatable bonds is 4. The minimum atomic E-state index is -0.449. The van der Waals surface area contributed by atoms with Crippen LogP contribution in [0, 0.1) is 0 Å². The molecule has 3 atom stereocenters. The predicted octanol–water partition coefficient (Wildman–Crippen LogP) is 2.00. The Morgan fingerprint density at radius 3 is 2.80 bits per heavy atom. The van der Waals surface area contributed by atoms with Gasteiger partial charge in [-0.1, -0.05) is 25.7 Å². The van der Waals surface area contributed by atoms with E-state index in [9.17, 15) is 4.79 Å². The Morgan fingerprint density at radius 2 is 2.27 bits per heavy atom. The van der Waals surface area contributed by atoms with E-state index in [4.69, 9.17) is 9.47 Å². The van der Waals surface area contributed by atoms with E-state index in [2.05, 4.69) is 13.2 Å². The van der Waals surface area contributed by atoms with Gasteiger partial charge in [0.2, 0.25) is 0 Å². The summed E-state index contributed by atoms with van der Waals surface area (Å²) in [5.74, 6) is -0.449. The van der Waals surface area contributed by atoms with Crippen molar-refractivity contribution in [3.8, 4) is 0 Å². The minimum absolute atomic E-state index is 0.0756. The Morgan fingerprint density at radius 1 is 1.53 bits per heavy atom. The molecule has 0 aromatic heterocycles. The maximum Gasteiger partial charge on any atom is 0.330 e. The molecule has 3 heteroatoms. The molecule has 0 unspecified atom stereocenters. The molecule has 1 aliphatic heterocycles. The first-order chi connectivity index (χ1) is 7.21. The number of carbonyl (C=O) groups excluding carboxylic acids is 1. The highest BCUT2D eigenvalue weighted by molar-refractivity contribution is 5.81. The number of hydrogen-bond acceptors (Lipinski definition) is 3. The number of ether oxygens (including phenoxy) is 2. The molecule has 0 saturated heterocycles. The number of esters is 1. The fraction of sp³-hybridized carbons (Fsp3) is 0.417. The summed E-state index contributed by atoms with van der Waals surface area (Å²) in [7, 11) is 0. The van der Waals surface area contributed by atoms with Crippen LogP contribution in [0.2, 0.25) is 0 Å². The van der Waals surface area contributed by atoms with E-state index in [1.807, 2.05) is 19.1 Å². The zero-order chi connectivity index (χ0) is 11.3. The first-order valence-corrected chi connectivity index (χ1v) is 5.00. The molecule has 1 rings (SSSR count). The van der Waals surface area contributed by atoms with Gasteiger partial charge in [0, 0.05) is 6.08 Å². The van der Waals surface area contributed by atoms with Crippen LogP contribution >= 0.6 is 0 Å². The van der Waals surface area contributed by atoms with Gasteiger partial charge in [0.15, 0.2) is 6.10 Å². The molecule has 0 fully saturated rings. The Bertz CT molecular complexity index is 281. The molecule has 82 valence electrons. The van der Waals surface area contributed by atoms with Gasteiger partial charge in [-0.2, -0.15) is 0 Å². The van der Waals surface area contributed by atoms with Crippen LogP contribution in [0.3, 0.4) is 0 Å². The zero-order valence-corrected chi connectivity index (χ0v) is 8.89. The lowest BCUT2D eigenvalue weighted by atomic mass is 10.1. The largest absolute Gasteiger partial charge is 0.452 e. The lowest BCUT2D eigenvalue weighted by Gasteiger charge is -2.29. The van der Waals surface area contributed by atoms with Gasteiger partial charge in [-0.05, 0) is 12.5 Å². The molecule has 3 nitrogen and oxygen atoms in total. The van der Waals surface area contributed by atoms with Crippen molar-refractivity contribution in [2.45, 2.75) is 31.7 Å². The van der Waals surface area contributed by atoms with Gasteiger partial charge >= 0.3 is 5.97 Å². The molecule has 0 amide bonds. The minimum Gasteiger partial charge on any atom is -0.452 e. The summed E-state index contributed by atoms with van der Waals surface area (Å²) < 4.78 is 10.7. The number of hydrogen-bond donors (Lipinski definition) is 0. The van der Waals surface area contributed by atoms with Crippen molar-refractivity contribution >= 4 is 5.97 Å². The summed E-state index contributed by atoms with van der Waals surface area (Å²) in [5.41, 5.74) is 0. The summed E-state index contributed by atoms with van der Waals surface area (Å²) >= 11 is 0. The van der Waals surface area contributed by atoms with E-state index in [1.54, 1.807) is 6.08 Å². The maximum absolute atomic E-state index is 11.0. The molecule has 1 heterocycles. The first kappa shape index (κ1) is 11.7. The van der Waals surface area contributed by atoms with Crippen molar-refractivity contribution in [1.29, 1.82) is 0 Å². The van der Waals surface area contributed by atoms with Crippen molar-refractivity contribution in [3.63, 3.8) is 0 Å². The first-order valence-electron chi connectivity index (χ1n) is 5.00. The van der Waals surface area contributed by atoms with E-state index in [0.29, 0.717) is 0 Å². The van der Waals surface area contributed by atoms with Crippen molar-refractivity contribution in [2.75, 3.05) is 0 Å². The fourth-order valence-electron chi connectivity index (χ4n) is 1.38. The molecule has 1 aliphatic rings. The Hall–Kier alpha value is -1.35. The quantitative estimate of drug-likeness (QED) is 0.403. The van der Waals surface area contributed by atoms with Gasteiger partial charge in [-0.15, -0.1) is 6.58 Å². The second kappa shape index (κ2) is 5.51. The number of carbonyl (C=O) groups is 1. The van der Waals surface area contributed by atoms with Crippen molar-refractivity contribution in [3.05, 3.63) is 37.5 Å². The second-order valence-corrected chi connectivity index (χ2v) is 3.27. The van der Waals surface area contributed by atoms with Crippen LogP contribution in [0.1, 0.15) is 13.3 Å². The van der Waals surface area contributed by atoms with Crippen LogP contribution in [0.5, 0.6) is 0 Å². The van der Waals surface area contributed by atoms with E-state index in [-0.39, 0.29) is 12.2 Å². The molecule has 0 aromatic carbocycles. The van der Waals surface area contributed by atoms with Crippen LogP contribution in [-0.2, 0) is 14.3 Å². The average molecular weight is 208 g/mol. The van der Waals surface area contributed by atoms with Gasteiger partial charge < -0.3 is 9.47 Å². The molecule has 0 bridgehead atoms. The molecular formula is C12H16O3. The highest BCUT2D eigenvalue weighted by atomic mass is 16.6. The summed E-state index contributed by atoms with van der Waals surface area (Å²) in [6, 6.07) is 0. The van der Waals surface area contributed by atoms with Crippen LogP contribution in [0.4, 0.5) is 0 Å². The van der Waals surface area contributed by atoms with Crippen molar-refractivity contribution in [1.82, 2.24) is 0 Å². The lowest BCUT2D eigenvalue weighted by molar-refractivity contribution is -0.148. The molecule has 15 heavy (non-hydrogen) atoms. The van der Waals surface area contributed by atoms with Crippen LogP contribution in [-0.4, -0.2) is 24.3 Å². The average Bonchev–Trinajstić information content (AvgIpc) is 2.29. The van der Waals surface area contributed by atoms with Gasteiger partial charge in [0.1, 0.15) is 6.10 Å². The van der Waals surface area contributed by atoms with Gasteiger partial charge in [-0.3, -0.25) is 0 Å². The molecular weight excluding hydrogens is 192 g/mol. The zero-order valence-electron chi connectivity index (χ0n) is 8.89.